The largest absolute Gasteiger partial charge is 0.324 e. The zero-order chi connectivity index (χ0) is 15.5. The minimum Gasteiger partial charge on any atom is -0.324 e. The summed E-state index contributed by atoms with van der Waals surface area (Å²) < 4.78 is 2.40. The highest BCUT2D eigenvalue weighted by Gasteiger charge is 2.12. The van der Waals surface area contributed by atoms with Gasteiger partial charge in [0, 0.05) is 4.90 Å². The molecule has 1 aromatic heterocycles. The maximum atomic E-state index is 12.3. The molecule has 1 amide bonds. The number of para-hydroxylation sites is 2. The molecule has 2 aromatic carbocycles. The molecule has 1 N–H and O–H groups in total. The van der Waals surface area contributed by atoms with Gasteiger partial charge in [0.15, 0.2) is 0 Å². The molecule has 0 unspecified atom stereocenters. The second-order valence-electron chi connectivity index (χ2n) is 4.67. The first-order valence-corrected chi connectivity index (χ1v) is 8.74. The third-order valence-electron chi connectivity index (χ3n) is 3.26. The summed E-state index contributed by atoms with van der Waals surface area (Å²) >= 11 is 2.73. The van der Waals surface area contributed by atoms with Crippen LogP contribution in [0.2, 0.25) is 0 Å². The van der Waals surface area contributed by atoms with Gasteiger partial charge in [-0.25, -0.2) is 0 Å². The summed E-state index contributed by atoms with van der Waals surface area (Å²) in [4.78, 5) is 25.2. The SMILES string of the molecule is CSc1ccccc1NC(=O)Cn1c(=O)sc2ccccc21. The van der Waals surface area contributed by atoms with Gasteiger partial charge in [-0.15, -0.1) is 11.8 Å². The number of aromatic nitrogens is 1. The maximum absolute atomic E-state index is 12.3. The van der Waals surface area contributed by atoms with Crippen LogP contribution < -0.4 is 10.2 Å². The standard InChI is InChI=1S/C16H14N2O2S2/c1-21-13-8-4-2-6-11(13)17-15(19)10-18-12-7-3-5-9-14(12)22-16(18)20/h2-9H,10H2,1H3,(H,17,19). The number of hydrogen-bond acceptors (Lipinski definition) is 4. The molecule has 3 aromatic rings. The lowest BCUT2D eigenvalue weighted by Gasteiger charge is -2.09. The molecule has 0 fully saturated rings. The van der Waals surface area contributed by atoms with Crippen LogP contribution in [0.5, 0.6) is 0 Å². The van der Waals surface area contributed by atoms with E-state index in [2.05, 4.69) is 5.32 Å². The van der Waals surface area contributed by atoms with E-state index in [1.54, 1.807) is 11.8 Å². The fraction of sp³-hybridized carbons (Fsp3) is 0.125. The normalized spacial score (nSPS) is 10.8. The van der Waals surface area contributed by atoms with Crippen LogP contribution in [0.3, 0.4) is 0 Å². The summed E-state index contributed by atoms with van der Waals surface area (Å²) in [5.41, 5.74) is 1.57. The van der Waals surface area contributed by atoms with Crippen LogP contribution in [0, 0.1) is 0 Å². The summed E-state index contributed by atoms with van der Waals surface area (Å²) in [6.45, 7) is 0.0194. The number of nitrogens with one attached hydrogen (secondary N) is 1. The number of thiazole rings is 1. The summed E-state index contributed by atoms with van der Waals surface area (Å²) in [6.07, 6.45) is 1.96. The number of amides is 1. The summed E-state index contributed by atoms with van der Waals surface area (Å²) in [7, 11) is 0. The molecular weight excluding hydrogens is 316 g/mol. The van der Waals surface area contributed by atoms with Crippen LogP contribution in [-0.4, -0.2) is 16.7 Å². The number of anilines is 1. The lowest BCUT2D eigenvalue weighted by atomic mass is 10.3. The Morgan fingerprint density at radius 1 is 1.18 bits per heavy atom. The van der Waals surface area contributed by atoms with Crippen molar-refractivity contribution in [1.29, 1.82) is 0 Å². The van der Waals surface area contributed by atoms with Gasteiger partial charge < -0.3 is 5.32 Å². The Labute approximate surface area is 135 Å². The Bertz CT molecular complexity index is 883. The lowest BCUT2D eigenvalue weighted by Crippen LogP contribution is -2.24. The number of rotatable bonds is 4. The Morgan fingerprint density at radius 2 is 1.91 bits per heavy atom. The van der Waals surface area contributed by atoms with E-state index in [0.717, 1.165) is 32.1 Å². The molecule has 0 aliphatic heterocycles. The number of thioether (sulfide) groups is 1. The van der Waals surface area contributed by atoms with Crippen LogP contribution >= 0.6 is 23.1 Å². The third kappa shape index (κ3) is 2.93. The molecule has 22 heavy (non-hydrogen) atoms. The number of hydrogen-bond donors (Lipinski definition) is 1. The van der Waals surface area contributed by atoms with Crippen molar-refractivity contribution in [2.45, 2.75) is 11.4 Å². The molecule has 0 saturated heterocycles. The van der Waals surface area contributed by atoms with E-state index in [-0.39, 0.29) is 17.3 Å². The van der Waals surface area contributed by atoms with E-state index >= 15 is 0 Å². The minimum absolute atomic E-state index is 0.0194. The predicted molar refractivity (Wildman–Crippen MR) is 92.9 cm³/mol. The van der Waals surface area contributed by atoms with Gasteiger partial charge in [-0.2, -0.15) is 0 Å². The van der Waals surface area contributed by atoms with Crippen LogP contribution in [0.15, 0.2) is 58.2 Å². The molecule has 1 heterocycles. The van der Waals surface area contributed by atoms with Crippen molar-refractivity contribution in [1.82, 2.24) is 4.57 Å². The van der Waals surface area contributed by atoms with Crippen molar-refractivity contribution < 1.29 is 4.79 Å². The molecule has 4 nitrogen and oxygen atoms in total. The maximum Gasteiger partial charge on any atom is 0.308 e. The summed E-state index contributed by atoms with van der Waals surface area (Å²) in [6, 6.07) is 15.1. The zero-order valence-corrected chi connectivity index (χ0v) is 13.5. The zero-order valence-electron chi connectivity index (χ0n) is 11.9. The number of nitrogens with zero attached hydrogens (tertiary/aromatic N) is 1. The Hall–Kier alpha value is -2.05. The predicted octanol–water partition coefficient (Wildman–Crippen LogP) is 3.42. The van der Waals surface area contributed by atoms with Gasteiger partial charge in [0.2, 0.25) is 5.91 Å². The van der Waals surface area contributed by atoms with E-state index in [9.17, 15) is 9.59 Å². The molecule has 0 spiro atoms. The molecule has 0 bridgehead atoms. The summed E-state index contributed by atoms with van der Waals surface area (Å²) in [5, 5.41) is 2.88. The van der Waals surface area contributed by atoms with Crippen LogP contribution in [0.1, 0.15) is 0 Å². The monoisotopic (exact) mass is 330 g/mol. The van der Waals surface area contributed by atoms with E-state index in [1.807, 2.05) is 54.8 Å². The minimum atomic E-state index is -0.202. The van der Waals surface area contributed by atoms with Gasteiger partial charge >= 0.3 is 4.87 Å². The third-order valence-corrected chi connectivity index (χ3v) is 5.01. The first-order chi connectivity index (χ1) is 10.7. The first-order valence-electron chi connectivity index (χ1n) is 6.70. The van der Waals surface area contributed by atoms with Gasteiger partial charge in [0.05, 0.1) is 15.9 Å². The number of carbonyl (C=O) groups is 1. The average molecular weight is 330 g/mol. The second kappa shape index (κ2) is 6.37. The Balaban J connectivity index is 1.85. The van der Waals surface area contributed by atoms with Crippen molar-refractivity contribution >= 4 is 44.9 Å². The van der Waals surface area contributed by atoms with E-state index < -0.39 is 0 Å². The molecule has 0 aliphatic carbocycles. The van der Waals surface area contributed by atoms with Crippen LogP contribution in [-0.2, 0) is 11.3 Å². The fourth-order valence-electron chi connectivity index (χ4n) is 2.24. The molecule has 0 aliphatic rings. The Kier molecular flexibility index (Phi) is 4.31. The number of benzene rings is 2. The average Bonchev–Trinajstić information content (AvgIpc) is 2.84. The van der Waals surface area contributed by atoms with Crippen LogP contribution in [0.4, 0.5) is 5.69 Å². The first kappa shape index (κ1) is 14.9. The second-order valence-corrected chi connectivity index (χ2v) is 6.51. The van der Waals surface area contributed by atoms with Gasteiger partial charge in [-0.05, 0) is 30.5 Å². The van der Waals surface area contributed by atoms with Crippen molar-refractivity contribution in [3.05, 3.63) is 58.2 Å². The van der Waals surface area contributed by atoms with E-state index in [0.29, 0.717) is 0 Å². The van der Waals surface area contributed by atoms with Gasteiger partial charge in [-0.3, -0.25) is 14.2 Å². The van der Waals surface area contributed by atoms with Crippen molar-refractivity contribution in [3.8, 4) is 0 Å². The topological polar surface area (TPSA) is 51.1 Å². The molecule has 0 atom stereocenters. The van der Waals surface area contributed by atoms with Crippen molar-refractivity contribution in [2.75, 3.05) is 11.6 Å². The number of carbonyl (C=O) groups excluding carboxylic acids is 1. The van der Waals surface area contributed by atoms with Crippen molar-refractivity contribution in [3.63, 3.8) is 0 Å². The Morgan fingerprint density at radius 3 is 2.73 bits per heavy atom. The van der Waals surface area contributed by atoms with Gasteiger partial charge in [0.1, 0.15) is 6.54 Å². The molecule has 112 valence electrons. The van der Waals surface area contributed by atoms with Gasteiger partial charge in [-0.1, -0.05) is 35.6 Å². The molecule has 0 radical (unpaired) electrons. The van der Waals surface area contributed by atoms with Gasteiger partial charge in [0.25, 0.3) is 0 Å². The molecule has 0 saturated carbocycles. The van der Waals surface area contributed by atoms with Crippen LogP contribution in [0.25, 0.3) is 10.2 Å². The highest BCUT2D eigenvalue weighted by molar-refractivity contribution is 7.98. The quantitative estimate of drug-likeness (QED) is 0.746. The summed E-state index contributed by atoms with van der Waals surface area (Å²) in [5.74, 6) is -0.202. The smallest absolute Gasteiger partial charge is 0.308 e. The highest BCUT2D eigenvalue weighted by Crippen LogP contribution is 2.24. The molecule has 3 rings (SSSR count). The molecular formula is C16H14N2O2S2. The highest BCUT2D eigenvalue weighted by atomic mass is 32.2. The fourth-order valence-corrected chi connectivity index (χ4v) is 3.69. The molecule has 6 heteroatoms. The lowest BCUT2D eigenvalue weighted by molar-refractivity contribution is -0.116. The van der Waals surface area contributed by atoms with Crippen molar-refractivity contribution in [2.24, 2.45) is 0 Å². The van der Waals surface area contributed by atoms with E-state index in [4.69, 9.17) is 0 Å². The number of fused-ring (bicyclic) bond motifs is 1. The van der Waals surface area contributed by atoms with E-state index in [1.165, 1.54) is 4.57 Å².